The van der Waals surface area contributed by atoms with Crippen LogP contribution in [-0.2, 0) is 21.2 Å². The van der Waals surface area contributed by atoms with Crippen LogP contribution < -0.4 is 10.0 Å². The van der Waals surface area contributed by atoms with Crippen molar-refractivity contribution in [2.45, 2.75) is 17.7 Å². The fraction of sp³-hybridized carbons (Fsp3) is 0.125. The highest BCUT2D eigenvalue weighted by atomic mass is 32.2. The van der Waals surface area contributed by atoms with Crippen molar-refractivity contribution >= 4 is 49.4 Å². The van der Waals surface area contributed by atoms with Gasteiger partial charge in [-0.2, -0.15) is 0 Å². The molecule has 0 spiro atoms. The van der Waals surface area contributed by atoms with Gasteiger partial charge < -0.3 is 5.32 Å². The number of carbonyl (C=O) groups excluding carboxylic acids is 1. The van der Waals surface area contributed by atoms with Crippen molar-refractivity contribution in [1.29, 1.82) is 0 Å². The molecule has 2 aromatic heterocycles. The number of benzene rings is 1. The Hall–Kier alpha value is -2.23. The van der Waals surface area contributed by atoms with Gasteiger partial charge in [0.15, 0.2) is 5.13 Å². The van der Waals surface area contributed by atoms with E-state index >= 15 is 0 Å². The summed E-state index contributed by atoms with van der Waals surface area (Å²) in [5.74, 6) is -0.0508. The zero-order valence-electron chi connectivity index (χ0n) is 12.9. The number of hydrogen-bond donors (Lipinski definition) is 2. The van der Waals surface area contributed by atoms with Gasteiger partial charge >= 0.3 is 0 Å². The van der Waals surface area contributed by atoms with Crippen LogP contribution in [0.15, 0.2) is 46.0 Å². The summed E-state index contributed by atoms with van der Waals surface area (Å²) < 4.78 is 27.8. The number of rotatable bonds is 4. The molecular weight excluding hydrogens is 378 g/mol. The lowest BCUT2D eigenvalue weighted by atomic mass is 10.0. The average molecular weight is 391 g/mol. The molecule has 0 unspecified atom stereocenters. The second kappa shape index (κ2) is 6.25. The lowest BCUT2D eigenvalue weighted by Crippen LogP contribution is -2.20. The van der Waals surface area contributed by atoms with E-state index in [2.05, 4.69) is 15.0 Å². The molecule has 0 fully saturated rings. The van der Waals surface area contributed by atoms with Crippen LogP contribution in [0.25, 0.3) is 10.6 Å². The summed E-state index contributed by atoms with van der Waals surface area (Å²) in [6, 6.07) is 8.58. The van der Waals surface area contributed by atoms with Crippen LogP contribution in [0.1, 0.15) is 12.0 Å². The van der Waals surface area contributed by atoms with Crippen molar-refractivity contribution < 1.29 is 13.2 Å². The predicted octanol–water partition coefficient (Wildman–Crippen LogP) is 3.56. The van der Waals surface area contributed by atoms with Gasteiger partial charge in [0, 0.05) is 17.5 Å². The largest absolute Gasteiger partial charge is 0.326 e. The van der Waals surface area contributed by atoms with Crippen LogP contribution in [0.2, 0.25) is 0 Å². The number of thiazole rings is 1. The highest BCUT2D eigenvalue weighted by Gasteiger charge is 2.21. The normalized spacial score (nSPS) is 14.0. The summed E-state index contributed by atoms with van der Waals surface area (Å²) in [6.07, 6.45) is 0.894. The molecule has 9 heteroatoms. The minimum atomic E-state index is -3.73. The fourth-order valence-corrected chi connectivity index (χ4v) is 5.33. The Labute approximate surface area is 152 Å². The van der Waals surface area contributed by atoms with Crippen molar-refractivity contribution in [2.75, 3.05) is 10.0 Å². The van der Waals surface area contributed by atoms with E-state index in [-0.39, 0.29) is 10.8 Å². The third-order valence-corrected chi connectivity index (χ3v) is 6.90. The van der Waals surface area contributed by atoms with E-state index in [1.54, 1.807) is 23.5 Å². The minimum Gasteiger partial charge on any atom is -0.326 e. The molecule has 0 atom stereocenters. The molecule has 4 rings (SSSR count). The molecule has 25 heavy (non-hydrogen) atoms. The maximum atomic E-state index is 12.6. The van der Waals surface area contributed by atoms with E-state index in [9.17, 15) is 13.2 Å². The van der Waals surface area contributed by atoms with Gasteiger partial charge in [-0.3, -0.25) is 9.52 Å². The number of hydrogen-bond acceptors (Lipinski definition) is 6. The summed E-state index contributed by atoms with van der Waals surface area (Å²) >= 11 is 2.80. The van der Waals surface area contributed by atoms with Crippen LogP contribution in [0.4, 0.5) is 10.8 Å². The number of aryl methyl sites for hydroxylation is 1. The highest BCUT2D eigenvalue weighted by molar-refractivity contribution is 7.93. The molecule has 1 aromatic carbocycles. The van der Waals surface area contributed by atoms with Crippen LogP contribution in [0, 0.1) is 0 Å². The van der Waals surface area contributed by atoms with E-state index in [1.807, 2.05) is 22.9 Å². The molecule has 6 nitrogen and oxygen atoms in total. The number of sulfonamides is 1. The first-order valence-electron chi connectivity index (χ1n) is 7.46. The number of aromatic nitrogens is 1. The molecule has 2 N–H and O–H groups in total. The average Bonchev–Trinajstić information content (AvgIpc) is 3.25. The molecular formula is C16H13N3O3S3. The molecule has 0 bridgehead atoms. The number of thiophene rings is 1. The topological polar surface area (TPSA) is 88.2 Å². The third kappa shape index (κ3) is 3.30. The van der Waals surface area contributed by atoms with Crippen LogP contribution in [-0.4, -0.2) is 19.3 Å². The summed E-state index contributed by atoms with van der Waals surface area (Å²) in [6.45, 7) is 0. The number of nitrogens with zero attached hydrogens (tertiary/aromatic N) is 1. The maximum Gasteiger partial charge on any atom is 0.263 e. The lowest BCUT2D eigenvalue weighted by molar-refractivity contribution is -0.116. The number of nitrogens with one attached hydrogen (secondary N) is 2. The lowest BCUT2D eigenvalue weighted by Gasteiger charge is -2.17. The fourth-order valence-electron chi connectivity index (χ4n) is 2.56. The van der Waals surface area contributed by atoms with Gasteiger partial charge in [0.2, 0.25) is 5.91 Å². The first-order chi connectivity index (χ1) is 12.0. The Balaban J connectivity index is 1.59. The van der Waals surface area contributed by atoms with Crippen LogP contribution >= 0.6 is 22.7 Å². The number of amides is 1. The van der Waals surface area contributed by atoms with Crippen LogP contribution in [0.3, 0.4) is 0 Å². The summed E-state index contributed by atoms with van der Waals surface area (Å²) in [5.41, 5.74) is 2.25. The van der Waals surface area contributed by atoms with Crippen molar-refractivity contribution in [3.63, 3.8) is 0 Å². The second-order valence-electron chi connectivity index (χ2n) is 5.49. The molecule has 0 radical (unpaired) electrons. The highest BCUT2D eigenvalue weighted by Crippen LogP contribution is 2.30. The minimum absolute atomic E-state index is 0.0508. The molecule has 0 saturated carbocycles. The van der Waals surface area contributed by atoms with Crippen LogP contribution in [0.5, 0.6) is 0 Å². The maximum absolute atomic E-state index is 12.6. The monoisotopic (exact) mass is 391 g/mol. The quantitative estimate of drug-likeness (QED) is 0.712. The molecule has 1 aliphatic heterocycles. The van der Waals surface area contributed by atoms with E-state index in [1.165, 1.54) is 17.4 Å². The number of carbonyl (C=O) groups is 1. The van der Waals surface area contributed by atoms with Gasteiger partial charge in [-0.05, 0) is 41.6 Å². The van der Waals surface area contributed by atoms with E-state index in [0.29, 0.717) is 23.7 Å². The van der Waals surface area contributed by atoms with Gasteiger partial charge in [-0.1, -0.05) is 6.07 Å². The Morgan fingerprint density at radius 2 is 2.04 bits per heavy atom. The SMILES string of the molecule is O=C1CCc2cc(S(=O)(=O)Nc3nc(-c4cccs4)cs3)ccc2N1. The Kier molecular flexibility index (Phi) is 4.06. The van der Waals surface area contributed by atoms with Crippen molar-refractivity contribution in [2.24, 2.45) is 0 Å². The predicted molar refractivity (Wildman–Crippen MR) is 99.6 cm³/mol. The number of anilines is 2. The van der Waals surface area contributed by atoms with Gasteiger partial charge in [0.1, 0.15) is 0 Å². The molecule has 0 saturated heterocycles. The first kappa shape index (κ1) is 16.2. The third-order valence-electron chi connectivity index (χ3n) is 3.78. The Morgan fingerprint density at radius 1 is 1.16 bits per heavy atom. The first-order valence-corrected chi connectivity index (χ1v) is 10.7. The van der Waals surface area contributed by atoms with Gasteiger partial charge in [-0.15, -0.1) is 22.7 Å². The smallest absolute Gasteiger partial charge is 0.263 e. The Morgan fingerprint density at radius 3 is 2.84 bits per heavy atom. The molecule has 3 heterocycles. The van der Waals surface area contributed by atoms with Gasteiger partial charge in [0.25, 0.3) is 10.0 Å². The summed E-state index contributed by atoms with van der Waals surface area (Å²) in [5, 5.41) is 6.85. The van der Waals surface area contributed by atoms with E-state index < -0.39 is 10.0 Å². The molecule has 3 aromatic rings. The Bertz CT molecular complexity index is 1040. The molecule has 1 amide bonds. The zero-order chi connectivity index (χ0) is 17.4. The van der Waals surface area contributed by atoms with Gasteiger partial charge in [0.05, 0.1) is 15.5 Å². The van der Waals surface area contributed by atoms with Crippen molar-refractivity contribution in [1.82, 2.24) is 4.98 Å². The number of fused-ring (bicyclic) bond motifs is 1. The van der Waals surface area contributed by atoms with Crippen molar-refractivity contribution in [3.8, 4) is 10.6 Å². The molecule has 1 aliphatic rings. The van der Waals surface area contributed by atoms with E-state index in [0.717, 1.165) is 16.1 Å². The molecule has 0 aliphatic carbocycles. The summed E-state index contributed by atoms with van der Waals surface area (Å²) in [7, 11) is -3.73. The molecule has 128 valence electrons. The summed E-state index contributed by atoms with van der Waals surface area (Å²) in [4.78, 5) is 16.9. The second-order valence-corrected chi connectivity index (χ2v) is 8.98. The zero-order valence-corrected chi connectivity index (χ0v) is 15.3. The van der Waals surface area contributed by atoms with E-state index in [4.69, 9.17) is 0 Å². The van der Waals surface area contributed by atoms with Crippen molar-refractivity contribution in [3.05, 3.63) is 46.7 Å². The standard InChI is InChI=1S/C16H13N3O3S3/c20-15-6-3-10-8-11(4-5-12(10)17-15)25(21,22)19-16-18-13(9-24-16)14-2-1-7-23-14/h1-2,4-5,7-9H,3,6H2,(H,17,20)(H,18,19). The van der Waals surface area contributed by atoms with Gasteiger partial charge in [-0.25, -0.2) is 13.4 Å².